The van der Waals surface area contributed by atoms with E-state index in [1.54, 1.807) is 26.8 Å². The molecule has 1 N–H and O–H groups in total. The van der Waals surface area contributed by atoms with E-state index in [0.29, 0.717) is 12.8 Å². The van der Waals surface area contributed by atoms with Gasteiger partial charge < -0.3 is 9.47 Å². The highest BCUT2D eigenvalue weighted by molar-refractivity contribution is 5.99. The molecule has 1 aliphatic carbocycles. The Hall–Kier alpha value is -1.85. The van der Waals surface area contributed by atoms with Crippen molar-refractivity contribution in [1.29, 1.82) is 0 Å². The van der Waals surface area contributed by atoms with Crippen LogP contribution in [0.1, 0.15) is 40.0 Å². The number of carbonyl (C=O) groups is 3. The fourth-order valence-corrected chi connectivity index (χ4v) is 2.08. The molecule has 2 atom stereocenters. The molecule has 0 bridgehead atoms. The molecule has 6 nitrogen and oxygen atoms in total. The second kappa shape index (κ2) is 7.24. The molecule has 2 unspecified atom stereocenters. The van der Waals surface area contributed by atoms with E-state index in [-0.39, 0.29) is 18.4 Å². The number of ether oxygens (including phenoxy) is 2. The minimum Gasteiger partial charge on any atom is -0.444 e. The minimum atomic E-state index is -0.735. The molecule has 0 spiro atoms. The summed E-state index contributed by atoms with van der Waals surface area (Å²) in [5.74, 6) is -1.32. The van der Waals surface area contributed by atoms with Gasteiger partial charge in [-0.15, -0.1) is 6.58 Å². The van der Waals surface area contributed by atoms with Crippen LogP contribution in [0.3, 0.4) is 0 Å². The molecule has 0 heterocycles. The van der Waals surface area contributed by atoms with Crippen LogP contribution in [0.5, 0.6) is 0 Å². The Balaban J connectivity index is 2.33. The van der Waals surface area contributed by atoms with Crippen LogP contribution in [0.15, 0.2) is 12.7 Å². The van der Waals surface area contributed by atoms with Crippen molar-refractivity contribution >= 4 is 17.8 Å². The van der Waals surface area contributed by atoms with Crippen molar-refractivity contribution in [2.45, 2.75) is 45.6 Å². The standard InChI is InChI=1S/C15H23NO5/c1-5-10-6-7-11(12(17)8-10)13(18)20-9-16-14(19)21-15(2,3)4/h5,10-11H,1,6-9H2,2-4H3,(H,16,19). The van der Waals surface area contributed by atoms with Gasteiger partial charge in [-0.3, -0.25) is 14.9 Å². The van der Waals surface area contributed by atoms with Crippen molar-refractivity contribution in [2.24, 2.45) is 11.8 Å². The van der Waals surface area contributed by atoms with Gasteiger partial charge in [0.15, 0.2) is 6.73 Å². The van der Waals surface area contributed by atoms with E-state index in [1.165, 1.54) is 0 Å². The summed E-state index contributed by atoms with van der Waals surface area (Å²) in [4.78, 5) is 35.0. The number of Topliss-reactive ketones (excluding diaryl/α,β-unsaturated/α-hetero) is 1. The quantitative estimate of drug-likeness (QED) is 0.372. The lowest BCUT2D eigenvalue weighted by molar-refractivity contribution is -0.154. The highest BCUT2D eigenvalue weighted by atomic mass is 16.6. The summed E-state index contributed by atoms with van der Waals surface area (Å²) in [7, 11) is 0. The SMILES string of the molecule is C=CC1CCC(C(=O)OCNC(=O)OC(C)(C)C)C(=O)C1. The van der Waals surface area contributed by atoms with Gasteiger partial charge in [-0.2, -0.15) is 0 Å². The summed E-state index contributed by atoms with van der Waals surface area (Å²) in [5.41, 5.74) is -0.618. The van der Waals surface area contributed by atoms with E-state index in [2.05, 4.69) is 11.9 Å². The van der Waals surface area contributed by atoms with Crippen LogP contribution in [0.4, 0.5) is 4.79 Å². The number of allylic oxidation sites excluding steroid dienone is 1. The maximum atomic E-state index is 11.8. The number of rotatable bonds is 4. The molecule has 0 saturated heterocycles. The van der Waals surface area contributed by atoms with Gasteiger partial charge in [-0.25, -0.2) is 4.79 Å². The second-order valence-corrected chi connectivity index (χ2v) is 6.08. The normalized spacial score (nSPS) is 22.3. The monoisotopic (exact) mass is 297 g/mol. The lowest BCUT2D eigenvalue weighted by Crippen LogP contribution is -2.37. The van der Waals surface area contributed by atoms with Crippen LogP contribution in [-0.2, 0) is 19.1 Å². The van der Waals surface area contributed by atoms with Gasteiger partial charge in [0.05, 0.1) is 0 Å². The second-order valence-electron chi connectivity index (χ2n) is 6.08. The van der Waals surface area contributed by atoms with Crippen molar-refractivity contribution in [3.8, 4) is 0 Å². The van der Waals surface area contributed by atoms with Gasteiger partial charge in [0.25, 0.3) is 0 Å². The molecule has 0 aliphatic heterocycles. The number of hydrogen-bond acceptors (Lipinski definition) is 5. The number of nitrogens with one attached hydrogen (secondary N) is 1. The van der Waals surface area contributed by atoms with Crippen molar-refractivity contribution in [2.75, 3.05) is 6.73 Å². The fourth-order valence-electron chi connectivity index (χ4n) is 2.08. The van der Waals surface area contributed by atoms with Gasteiger partial charge in [0.1, 0.15) is 17.3 Å². The Kier molecular flexibility index (Phi) is 5.93. The number of hydrogen-bond donors (Lipinski definition) is 1. The van der Waals surface area contributed by atoms with Gasteiger partial charge >= 0.3 is 12.1 Å². The molecule has 6 heteroatoms. The van der Waals surface area contributed by atoms with Gasteiger partial charge in [-0.05, 0) is 39.5 Å². The van der Waals surface area contributed by atoms with Crippen LogP contribution in [-0.4, -0.2) is 30.2 Å². The largest absolute Gasteiger partial charge is 0.444 e. The zero-order valence-corrected chi connectivity index (χ0v) is 12.8. The van der Waals surface area contributed by atoms with E-state index in [1.807, 2.05) is 0 Å². The minimum absolute atomic E-state index is 0.131. The van der Waals surface area contributed by atoms with E-state index in [9.17, 15) is 14.4 Å². The molecule has 1 rings (SSSR count). The summed E-state index contributed by atoms with van der Waals surface area (Å²) in [6.07, 6.45) is 2.60. The highest BCUT2D eigenvalue weighted by Gasteiger charge is 2.33. The first-order valence-corrected chi connectivity index (χ1v) is 7.01. The van der Waals surface area contributed by atoms with Gasteiger partial charge in [0, 0.05) is 6.42 Å². The van der Waals surface area contributed by atoms with Crippen molar-refractivity contribution in [3.63, 3.8) is 0 Å². The van der Waals surface area contributed by atoms with Crippen LogP contribution in [0.2, 0.25) is 0 Å². The molecule has 1 saturated carbocycles. The van der Waals surface area contributed by atoms with E-state index in [0.717, 1.165) is 6.42 Å². The average Bonchev–Trinajstić information content (AvgIpc) is 2.36. The van der Waals surface area contributed by atoms with Crippen LogP contribution >= 0.6 is 0 Å². The predicted molar refractivity (Wildman–Crippen MR) is 76.4 cm³/mol. The van der Waals surface area contributed by atoms with Crippen molar-refractivity contribution in [3.05, 3.63) is 12.7 Å². The lowest BCUT2D eigenvalue weighted by Gasteiger charge is -2.24. The maximum absolute atomic E-state index is 11.8. The van der Waals surface area contributed by atoms with E-state index >= 15 is 0 Å². The lowest BCUT2D eigenvalue weighted by atomic mass is 9.81. The summed E-state index contributed by atoms with van der Waals surface area (Å²) >= 11 is 0. The summed E-state index contributed by atoms with van der Waals surface area (Å²) < 4.78 is 9.90. The van der Waals surface area contributed by atoms with E-state index in [4.69, 9.17) is 9.47 Å². The predicted octanol–water partition coefficient (Wildman–Crippen LogP) is 2.18. The molecule has 0 radical (unpaired) electrons. The number of amides is 1. The number of esters is 1. The average molecular weight is 297 g/mol. The third kappa shape index (κ3) is 5.97. The molecular weight excluding hydrogens is 274 g/mol. The van der Waals surface area contributed by atoms with Crippen molar-refractivity contribution < 1.29 is 23.9 Å². The highest BCUT2D eigenvalue weighted by Crippen LogP contribution is 2.27. The third-order valence-electron chi connectivity index (χ3n) is 3.13. The smallest absolute Gasteiger partial charge is 0.410 e. The molecule has 1 fully saturated rings. The Labute approximate surface area is 124 Å². The number of ketones is 1. The first-order valence-electron chi connectivity index (χ1n) is 7.01. The number of alkyl carbamates (subject to hydrolysis) is 1. The van der Waals surface area contributed by atoms with Crippen LogP contribution in [0, 0.1) is 11.8 Å². The van der Waals surface area contributed by atoms with Gasteiger partial charge in [0.2, 0.25) is 0 Å². The molecule has 118 valence electrons. The Bertz CT molecular complexity index is 424. The molecule has 0 aromatic heterocycles. The molecule has 1 aliphatic rings. The van der Waals surface area contributed by atoms with Crippen LogP contribution in [0.25, 0.3) is 0 Å². The zero-order chi connectivity index (χ0) is 16.0. The fraction of sp³-hybridized carbons (Fsp3) is 0.667. The van der Waals surface area contributed by atoms with E-state index < -0.39 is 23.6 Å². The topological polar surface area (TPSA) is 81.7 Å². The first-order chi connectivity index (χ1) is 9.73. The summed E-state index contributed by atoms with van der Waals surface area (Å²) in [6.45, 7) is 8.55. The molecule has 0 aromatic rings. The number of carbonyl (C=O) groups excluding carboxylic acids is 3. The summed E-state index contributed by atoms with van der Waals surface area (Å²) in [6, 6.07) is 0. The Morgan fingerprint density at radius 3 is 2.57 bits per heavy atom. The Morgan fingerprint density at radius 1 is 1.38 bits per heavy atom. The maximum Gasteiger partial charge on any atom is 0.410 e. The molecule has 21 heavy (non-hydrogen) atoms. The van der Waals surface area contributed by atoms with Crippen LogP contribution < -0.4 is 5.32 Å². The van der Waals surface area contributed by atoms with Gasteiger partial charge in [-0.1, -0.05) is 6.08 Å². The molecule has 0 aromatic carbocycles. The Morgan fingerprint density at radius 2 is 2.05 bits per heavy atom. The van der Waals surface area contributed by atoms with Crippen molar-refractivity contribution in [1.82, 2.24) is 5.32 Å². The first kappa shape index (κ1) is 17.2. The summed E-state index contributed by atoms with van der Waals surface area (Å²) in [5, 5.41) is 2.31. The zero-order valence-electron chi connectivity index (χ0n) is 12.8. The molecule has 1 amide bonds. The third-order valence-corrected chi connectivity index (χ3v) is 3.13. The molecular formula is C15H23NO5.